The molecule has 3 aromatic heterocycles. The van der Waals surface area contributed by atoms with Gasteiger partial charge >= 0.3 is 6.09 Å². The van der Waals surface area contributed by atoms with Gasteiger partial charge in [0.1, 0.15) is 17.8 Å². The van der Waals surface area contributed by atoms with Crippen molar-refractivity contribution in [3.8, 4) is 0 Å². The van der Waals surface area contributed by atoms with Crippen LogP contribution in [0.1, 0.15) is 55.1 Å². The molecule has 0 spiro atoms. The molecule has 10 nitrogen and oxygen atoms in total. The van der Waals surface area contributed by atoms with Crippen molar-refractivity contribution < 1.29 is 18.7 Å². The molecule has 0 aromatic carbocycles. The van der Waals surface area contributed by atoms with Gasteiger partial charge in [-0.05, 0) is 51.0 Å². The lowest BCUT2D eigenvalue weighted by Gasteiger charge is -2.61. The zero-order valence-electron chi connectivity index (χ0n) is 19.2. The number of alkyl carbamates (subject to hydrolysis) is 1. The van der Waals surface area contributed by atoms with Crippen LogP contribution in [-0.4, -0.2) is 55.8 Å². The van der Waals surface area contributed by atoms with Crippen LogP contribution in [0, 0.1) is 12.8 Å². The van der Waals surface area contributed by atoms with Crippen molar-refractivity contribution in [2.45, 2.75) is 69.4 Å². The Morgan fingerprint density at radius 3 is 2.88 bits per heavy atom. The number of anilines is 2. The molecule has 3 N–H and O–H groups in total. The van der Waals surface area contributed by atoms with E-state index in [-0.39, 0.29) is 5.54 Å². The number of rotatable bonds is 7. The molecular formula is C23H28FN7O3. The lowest BCUT2D eigenvalue weighted by Crippen LogP contribution is -2.68. The van der Waals surface area contributed by atoms with Crippen LogP contribution in [-0.2, 0) is 16.1 Å². The number of halogens is 1. The molecule has 11 heteroatoms. The van der Waals surface area contributed by atoms with Gasteiger partial charge in [-0.1, -0.05) is 0 Å². The first-order valence-electron chi connectivity index (χ1n) is 11.7. The molecule has 0 radical (unpaired) electrons. The first-order valence-corrected chi connectivity index (χ1v) is 11.7. The topological polar surface area (TPSA) is 118 Å². The average Bonchev–Trinajstić information content (AvgIpc) is 3.44. The highest BCUT2D eigenvalue weighted by molar-refractivity contribution is 5.72. The van der Waals surface area contributed by atoms with E-state index in [1.165, 1.54) is 0 Å². The highest BCUT2D eigenvalue weighted by Crippen LogP contribution is 2.57. The predicted molar refractivity (Wildman–Crippen MR) is 121 cm³/mol. The fourth-order valence-corrected chi connectivity index (χ4v) is 5.57. The van der Waals surface area contributed by atoms with Gasteiger partial charge in [-0.25, -0.2) is 18.7 Å². The third kappa shape index (κ3) is 3.67. The Bertz CT molecular complexity index is 1220. The van der Waals surface area contributed by atoms with Crippen molar-refractivity contribution in [2.75, 3.05) is 12.4 Å². The number of aryl methyl sites for hydroxylation is 1. The Balaban J connectivity index is 1.12. The van der Waals surface area contributed by atoms with E-state index in [1.807, 2.05) is 19.2 Å². The first-order chi connectivity index (χ1) is 16.4. The number of aromatic nitrogens is 5. The maximum atomic E-state index is 15.2. The highest BCUT2D eigenvalue weighted by atomic mass is 19.1. The number of hydrogen-bond acceptors (Lipinski definition) is 7. The van der Waals surface area contributed by atoms with Crippen molar-refractivity contribution in [1.82, 2.24) is 30.1 Å². The Labute approximate surface area is 195 Å². The largest absolute Gasteiger partial charge is 0.443 e. The van der Waals surface area contributed by atoms with Crippen LogP contribution in [0.15, 0.2) is 18.3 Å². The molecule has 4 saturated carbocycles. The van der Waals surface area contributed by atoms with E-state index in [9.17, 15) is 4.79 Å². The van der Waals surface area contributed by atoms with Gasteiger partial charge in [0.2, 0.25) is 0 Å². The average molecular weight is 470 g/mol. The summed E-state index contributed by atoms with van der Waals surface area (Å²) in [5.41, 5.74) is 2.95. The molecule has 4 aliphatic carbocycles. The van der Waals surface area contributed by atoms with E-state index in [1.54, 1.807) is 17.7 Å². The minimum Gasteiger partial charge on any atom is -0.443 e. The number of alkyl halides is 1. The van der Waals surface area contributed by atoms with Crippen LogP contribution in [0.4, 0.5) is 20.8 Å². The van der Waals surface area contributed by atoms with E-state index < -0.39 is 24.3 Å². The Hall–Kier alpha value is -3.21. The molecule has 4 aliphatic rings. The summed E-state index contributed by atoms with van der Waals surface area (Å²) in [4.78, 5) is 16.8. The van der Waals surface area contributed by atoms with Crippen LogP contribution in [0.25, 0.3) is 5.52 Å². The fourth-order valence-electron chi connectivity index (χ4n) is 5.57. The normalized spacial score (nSPS) is 29.5. The summed E-state index contributed by atoms with van der Waals surface area (Å²) < 4.78 is 27.6. The van der Waals surface area contributed by atoms with Crippen molar-refractivity contribution in [3.63, 3.8) is 0 Å². The number of carbonyl (C=O) groups is 1. The zero-order chi connectivity index (χ0) is 23.4. The van der Waals surface area contributed by atoms with E-state index in [4.69, 9.17) is 9.47 Å². The van der Waals surface area contributed by atoms with Crippen LogP contribution < -0.4 is 10.6 Å². The minimum absolute atomic E-state index is 0.0788. The van der Waals surface area contributed by atoms with Crippen molar-refractivity contribution in [3.05, 3.63) is 35.4 Å². The molecule has 0 aliphatic heterocycles. The standard InChI is InChI=1S/C23H28FN7O3/c1-12-10-31-17(5-14(30-31)11-33-2)21(25-12)26-19-6-16(28-29-19)15-3-4-18(20(15)24)34-22(32)27-23-7-13(8-23)9-23/h5-6,10,13,15,18,20H,3-4,7-9,11H2,1-2H3,(H,27,32)(H2,25,26,28,29)/t13?,15-,18-,20-,23?/m1/s1. The number of carbonyl (C=O) groups excluding carboxylic acids is 1. The number of fused-ring (bicyclic) bond motifs is 1. The lowest BCUT2D eigenvalue weighted by atomic mass is 9.50. The molecule has 3 atom stereocenters. The van der Waals surface area contributed by atoms with Crippen molar-refractivity contribution in [1.29, 1.82) is 0 Å². The number of ether oxygens (including phenoxy) is 2. The lowest BCUT2D eigenvalue weighted by molar-refractivity contribution is -0.0532. The van der Waals surface area contributed by atoms with E-state index in [2.05, 4.69) is 30.9 Å². The van der Waals surface area contributed by atoms with Gasteiger partial charge in [-0.2, -0.15) is 10.2 Å². The van der Waals surface area contributed by atoms with Gasteiger partial charge in [0, 0.05) is 30.3 Å². The number of methoxy groups -OCH3 is 1. The van der Waals surface area contributed by atoms with Crippen molar-refractivity contribution >= 4 is 23.2 Å². The van der Waals surface area contributed by atoms with Gasteiger partial charge in [0.25, 0.3) is 0 Å². The molecule has 1 amide bonds. The molecular weight excluding hydrogens is 441 g/mol. The number of aromatic amines is 1. The summed E-state index contributed by atoms with van der Waals surface area (Å²) in [6.45, 7) is 2.28. The number of hydrogen-bond donors (Lipinski definition) is 3. The quantitative estimate of drug-likeness (QED) is 0.485. The maximum Gasteiger partial charge on any atom is 0.407 e. The minimum atomic E-state index is -1.29. The maximum absolute atomic E-state index is 15.2. The molecule has 3 aromatic rings. The highest BCUT2D eigenvalue weighted by Gasteiger charge is 2.58. The summed E-state index contributed by atoms with van der Waals surface area (Å²) in [6.07, 6.45) is 3.42. The van der Waals surface area contributed by atoms with E-state index in [0.29, 0.717) is 36.8 Å². The Morgan fingerprint density at radius 1 is 1.32 bits per heavy atom. The third-order valence-electron chi connectivity index (χ3n) is 7.33. The third-order valence-corrected chi connectivity index (χ3v) is 7.33. The van der Waals surface area contributed by atoms with E-state index >= 15 is 4.39 Å². The van der Waals surface area contributed by atoms with Crippen LogP contribution in [0.2, 0.25) is 0 Å². The second-order valence-electron chi connectivity index (χ2n) is 9.92. The monoisotopic (exact) mass is 469 g/mol. The van der Waals surface area contributed by atoms with Gasteiger partial charge in [0.05, 0.1) is 24.2 Å². The summed E-state index contributed by atoms with van der Waals surface area (Å²) >= 11 is 0. The summed E-state index contributed by atoms with van der Waals surface area (Å²) in [5.74, 6) is 1.47. The smallest absolute Gasteiger partial charge is 0.407 e. The van der Waals surface area contributed by atoms with Crippen molar-refractivity contribution in [2.24, 2.45) is 5.92 Å². The summed E-state index contributed by atoms with van der Waals surface area (Å²) in [6, 6.07) is 3.69. The molecule has 2 bridgehead atoms. The molecule has 7 rings (SSSR count). The molecule has 4 fully saturated rings. The molecule has 34 heavy (non-hydrogen) atoms. The number of amides is 1. The zero-order valence-corrected chi connectivity index (χ0v) is 19.2. The van der Waals surface area contributed by atoms with Crippen LogP contribution in [0.5, 0.6) is 0 Å². The van der Waals surface area contributed by atoms with Gasteiger partial charge in [-0.3, -0.25) is 5.10 Å². The Kier molecular flexibility index (Phi) is 4.98. The van der Waals surface area contributed by atoms with Crippen LogP contribution >= 0.6 is 0 Å². The van der Waals surface area contributed by atoms with Gasteiger partial charge in [0.15, 0.2) is 11.6 Å². The number of H-pyrrole nitrogens is 1. The molecule has 3 heterocycles. The van der Waals surface area contributed by atoms with Gasteiger partial charge in [-0.15, -0.1) is 0 Å². The molecule has 0 unspecified atom stereocenters. The number of nitrogens with zero attached hydrogens (tertiary/aromatic N) is 4. The fraction of sp³-hybridized carbons (Fsp3) is 0.565. The number of nitrogens with one attached hydrogen (secondary N) is 3. The van der Waals surface area contributed by atoms with Gasteiger partial charge < -0.3 is 20.1 Å². The summed E-state index contributed by atoms with van der Waals surface area (Å²) in [5, 5.41) is 17.9. The summed E-state index contributed by atoms with van der Waals surface area (Å²) in [7, 11) is 1.62. The van der Waals surface area contributed by atoms with E-state index in [0.717, 1.165) is 42.1 Å². The first kappa shape index (κ1) is 21.3. The molecule has 0 saturated heterocycles. The predicted octanol–water partition coefficient (Wildman–Crippen LogP) is 3.51. The van der Waals surface area contributed by atoms with Crippen LogP contribution in [0.3, 0.4) is 0 Å². The Morgan fingerprint density at radius 2 is 2.15 bits per heavy atom. The molecule has 180 valence electrons. The second kappa shape index (κ2) is 7.93. The second-order valence-corrected chi connectivity index (χ2v) is 9.92. The SMILES string of the molecule is COCc1cc2c(Nc3cc([C@H]4CC[C@@H](OC(=O)NC56CC(C5)C6)[C@@H]4F)[nH]n3)nc(C)cn2n1.